The number of carboxylic acids is 1. The second-order valence-electron chi connectivity index (χ2n) is 9.03. The average Bonchev–Trinajstić information content (AvgIpc) is 2.84. The number of hydrogen-bond acceptors (Lipinski definition) is 10. The van der Waals surface area contributed by atoms with Crippen molar-refractivity contribution in [2.75, 3.05) is 11.3 Å². The van der Waals surface area contributed by atoms with E-state index in [1.165, 1.54) is 63.2 Å². The number of rotatable bonds is 13. The summed E-state index contributed by atoms with van der Waals surface area (Å²) in [6.07, 6.45) is -2.12. The number of ether oxygens (including phenoxy) is 1. The lowest BCUT2D eigenvalue weighted by Gasteiger charge is -2.33. The zero-order valence-corrected chi connectivity index (χ0v) is 22.0. The molecule has 15 nitrogen and oxygen atoms in total. The highest BCUT2D eigenvalue weighted by atomic mass is 32.2. The number of hydrogen-bond donors (Lipinski definition) is 4. The van der Waals surface area contributed by atoms with E-state index < -0.39 is 74.0 Å². The lowest BCUT2D eigenvalue weighted by molar-refractivity contribution is -0.384. The number of aliphatic hydroxyl groups excluding tert-OH is 1. The van der Waals surface area contributed by atoms with Crippen LogP contribution in [0.4, 0.5) is 21.9 Å². The number of nitro groups is 2. The topological polar surface area (TPSA) is 228 Å². The number of amides is 1. The number of para-hydroxylation sites is 1. The number of aliphatic hydroxyl groups is 1. The molecule has 0 radical (unpaired) electrons. The van der Waals surface area contributed by atoms with Crippen molar-refractivity contribution in [2.24, 2.45) is 5.92 Å². The van der Waals surface area contributed by atoms with Crippen LogP contribution in [0, 0.1) is 33.1 Å². The first-order valence-electron chi connectivity index (χ1n) is 11.4. The summed E-state index contributed by atoms with van der Waals surface area (Å²) in [4.78, 5) is 45.5. The number of anilines is 1. The number of nitrogens with one attached hydrogen (secondary N) is 2. The molecule has 0 bridgehead atoms. The fraction of sp³-hybridized carbons (Fsp3) is 0.391. The molecule has 2 atom stereocenters. The highest BCUT2D eigenvalue weighted by Gasteiger charge is 2.46. The van der Waals surface area contributed by atoms with Crippen LogP contribution in [0.3, 0.4) is 0 Å². The summed E-state index contributed by atoms with van der Waals surface area (Å²) in [6.45, 7) is 2.73. The number of alkyl carbamates (subject to hydrolysis) is 1. The first-order valence-corrected chi connectivity index (χ1v) is 13.0. The monoisotopic (exact) mass is 568 g/mol. The summed E-state index contributed by atoms with van der Waals surface area (Å²) in [7, 11) is -4.50. The molecular formula is C23H28N4O11S. The second kappa shape index (κ2) is 12.5. The Balaban J connectivity index is 2.29. The molecule has 0 saturated carbocycles. The third kappa shape index (κ3) is 7.61. The van der Waals surface area contributed by atoms with Crippen LogP contribution in [0.15, 0.2) is 42.5 Å². The van der Waals surface area contributed by atoms with Gasteiger partial charge in [-0.05, 0) is 36.6 Å². The molecule has 212 valence electrons. The predicted molar refractivity (Wildman–Crippen MR) is 137 cm³/mol. The Hall–Kier alpha value is -4.31. The van der Waals surface area contributed by atoms with Crippen molar-refractivity contribution in [3.8, 4) is 0 Å². The van der Waals surface area contributed by atoms with Gasteiger partial charge in [0.15, 0.2) is 5.54 Å². The van der Waals surface area contributed by atoms with Crippen molar-refractivity contribution in [1.82, 2.24) is 5.32 Å². The maximum absolute atomic E-state index is 13.3. The molecular weight excluding hydrogens is 540 g/mol. The Labute approximate surface area is 223 Å². The van der Waals surface area contributed by atoms with Crippen LogP contribution in [-0.4, -0.2) is 57.9 Å². The number of aliphatic carboxylic acids is 1. The zero-order valence-electron chi connectivity index (χ0n) is 21.2. The number of nitrogens with zero attached hydrogens (tertiary/aromatic N) is 2. The molecule has 0 aromatic heterocycles. The molecule has 0 heterocycles. The Morgan fingerprint density at radius 1 is 1.08 bits per heavy atom. The van der Waals surface area contributed by atoms with Crippen LogP contribution in [0.5, 0.6) is 0 Å². The highest BCUT2D eigenvalue weighted by molar-refractivity contribution is 7.93. The van der Waals surface area contributed by atoms with Gasteiger partial charge in [0.25, 0.3) is 11.4 Å². The van der Waals surface area contributed by atoms with Crippen LogP contribution in [0.2, 0.25) is 0 Å². The summed E-state index contributed by atoms with van der Waals surface area (Å²) < 4.78 is 33.8. The smallest absolute Gasteiger partial charge is 0.408 e. The third-order valence-electron chi connectivity index (χ3n) is 5.90. The summed E-state index contributed by atoms with van der Waals surface area (Å²) in [5.41, 5.74) is -2.98. The molecule has 0 aliphatic rings. The predicted octanol–water partition coefficient (Wildman–Crippen LogP) is 2.71. The first kappa shape index (κ1) is 30.9. The fourth-order valence-corrected chi connectivity index (χ4v) is 5.56. The van der Waals surface area contributed by atoms with Gasteiger partial charge in [-0.1, -0.05) is 26.0 Å². The maximum atomic E-state index is 13.3. The van der Waals surface area contributed by atoms with E-state index in [0.717, 1.165) is 0 Å². The zero-order chi connectivity index (χ0) is 29.5. The first-order chi connectivity index (χ1) is 18.1. The van der Waals surface area contributed by atoms with Gasteiger partial charge in [-0.25, -0.2) is 18.0 Å². The number of carbonyl (C=O) groups is 2. The molecule has 0 spiro atoms. The molecule has 1 unspecified atom stereocenters. The van der Waals surface area contributed by atoms with Crippen molar-refractivity contribution in [1.29, 1.82) is 0 Å². The van der Waals surface area contributed by atoms with Crippen molar-refractivity contribution < 1.29 is 42.8 Å². The van der Waals surface area contributed by atoms with Gasteiger partial charge in [0, 0.05) is 24.1 Å². The number of sulfonamides is 1. The van der Waals surface area contributed by atoms with Gasteiger partial charge in [-0.15, -0.1) is 0 Å². The maximum Gasteiger partial charge on any atom is 0.408 e. The van der Waals surface area contributed by atoms with Gasteiger partial charge in [0.2, 0.25) is 10.0 Å². The minimum Gasteiger partial charge on any atom is -0.479 e. The van der Waals surface area contributed by atoms with Gasteiger partial charge in [-0.3, -0.25) is 25.0 Å². The van der Waals surface area contributed by atoms with Crippen LogP contribution in [0.25, 0.3) is 0 Å². The van der Waals surface area contributed by atoms with Crippen molar-refractivity contribution in [2.45, 2.75) is 44.6 Å². The molecule has 16 heteroatoms. The molecule has 1 amide bonds. The molecule has 0 fully saturated rings. The van der Waals surface area contributed by atoms with Crippen LogP contribution < -0.4 is 10.0 Å². The van der Waals surface area contributed by atoms with E-state index in [0.29, 0.717) is 5.56 Å². The van der Waals surface area contributed by atoms with E-state index >= 15 is 0 Å². The van der Waals surface area contributed by atoms with E-state index in [9.17, 15) is 48.4 Å². The number of carbonyl (C=O) groups excluding carboxylic acids is 1. The Bertz CT molecular complexity index is 1350. The van der Waals surface area contributed by atoms with Crippen LogP contribution >= 0.6 is 0 Å². The Kier molecular flexibility index (Phi) is 9.90. The number of aryl methyl sites for hydroxylation is 1. The summed E-state index contributed by atoms with van der Waals surface area (Å²) in [5.74, 6) is -2.52. The van der Waals surface area contributed by atoms with E-state index in [4.69, 9.17) is 4.74 Å². The SMILES string of the molecule is Cc1cccc(NS(=O)(=O)[C@@H](CC(CO)(NC(=O)OCc2ccc([N+](=O)[O-])cc2)C(=O)O)C(C)C)c1[N+](=O)[O-]. The number of carboxylic acid groups (broad SMARTS) is 1. The number of nitro benzene ring substituents is 2. The third-order valence-corrected chi connectivity index (χ3v) is 7.91. The largest absolute Gasteiger partial charge is 0.479 e. The van der Waals surface area contributed by atoms with Gasteiger partial charge < -0.3 is 20.3 Å². The summed E-state index contributed by atoms with van der Waals surface area (Å²) in [6, 6.07) is 9.00. The molecule has 0 aliphatic heterocycles. The minimum atomic E-state index is -4.50. The summed E-state index contributed by atoms with van der Waals surface area (Å²) >= 11 is 0. The van der Waals surface area contributed by atoms with E-state index in [-0.39, 0.29) is 16.9 Å². The van der Waals surface area contributed by atoms with E-state index in [1.807, 2.05) is 5.32 Å². The van der Waals surface area contributed by atoms with Crippen LogP contribution in [0.1, 0.15) is 31.4 Å². The molecule has 2 aromatic carbocycles. The lowest BCUT2D eigenvalue weighted by Crippen LogP contribution is -2.60. The molecule has 2 aromatic rings. The lowest BCUT2D eigenvalue weighted by atomic mass is 9.90. The van der Waals surface area contributed by atoms with Crippen molar-refractivity contribution in [3.05, 3.63) is 73.8 Å². The Morgan fingerprint density at radius 2 is 1.69 bits per heavy atom. The Morgan fingerprint density at radius 3 is 2.18 bits per heavy atom. The highest BCUT2D eigenvalue weighted by Crippen LogP contribution is 2.32. The molecule has 2 rings (SSSR count). The number of benzene rings is 2. The van der Waals surface area contributed by atoms with Gasteiger partial charge in [-0.2, -0.15) is 0 Å². The van der Waals surface area contributed by atoms with Gasteiger partial charge in [0.05, 0.1) is 21.7 Å². The van der Waals surface area contributed by atoms with Gasteiger partial charge >= 0.3 is 12.1 Å². The molecule has 39 heavy (non-hydrogen) atoms. The second-order valence-corrected chi connectivity index (χ2v) is 10.9. The van der Waals surface area contributed by atoms with Crippen molar-refractivity contribution >= 4 is 39.1 Å². The van der Waals surface area contributed by atoms with Gasteiger partial charge in [0.1, 0.15) is 12.3 Å². The quantitative estimate of drug-likeness (QED) is 0.203. The standard InChI is InChI=1S/C23H28N4O11S/c1-14(2)19(39(36,37)25-18-6-4-5-15(3)20(18)27(34)35)11-23(13-28,21(29)30)24-22(31)38-12-16-7-9-17(10-8-16)26(32)33/h4-10,14,19,25,28H,11-13H2,1-3H3,(H,24,31)(H,29,30)/t19-,23?/m0/s1. The van der Waals surface area contributed by atoms with Crippen LogP contribution in [-0.2, 0) is 26.2 Å². The molecule has 0 saturated heterocycles. The van der Waals surface area contributed by atoms with E-state index in [2.05, 4.69) is 4.72 Å². The normalized spacial score (nSPS) is 13.7. The molecule has 0 aliphatic carbocycles. The summed E-state index contributed by atoms with van der Waals surface area (Å²) in [5, 5.41) is 42.6. The van der Waals surface area contributed by atoms with Crippen molar-refractivity contribution in [3.63, 3.8) is 0 Å². The minimum absolute atomic E-state index is 0.189. The fourth-order valence-electron chi connectivity index (χ4n) is 3.72. The van der Waals surface area contributed by atoms with E-state index in [1.54, 1.807) is 0 Å². The average molecular weight is 569 g/mol. The molecule has 4 N–H and O–H groups in total. The number of non-ortho nitro benzene ring substituents is 1.